The third kappa shape index (κ3) is 10.4. The van der Waals surface area contributed by atoms with Gasteiger partial charge in [-0.05, 0) is 80.3 Å². The molecular weight excluding hydrogens is 653 g/mol. The average molecular weight is 705 g/mol. The summed E-state index contributed by atoms with van der Waals surface area (Å²) in [5, 5.41) is 4.20. The molecule has 1 aromatic heterocycles. The van der Waals surface area contributed by atoms with Gasteiger partial charge in [0.15, 0.2) is 11.5 Å². The number of rotatable bonds is 18. The Hall–Kier alpha value is -3.68. The monoisotopic (exact) mass is 703 g/mol. The SMILES string of the molecule is CCCCCCCCCCC(CC)Cn1c(C(=Nc2ccc(N(C)CC)cc2C)C(=O)Nc2ccccc2Cl)nc2ccc(Cl)cc2c1=O. The van der Waals surface area contributed by atoms with Crippen LogP contribution in [0.15, 0.2) is 70.5 Å². The molecule has 0 aliphatic carbocycles. The summed E-state index contributed by atoms with van der Waals surface area (Å²) in [6.45, 7) is 9.72. The zero-order valence-electron chi connectivity index (χ0n) is 29.7. The van der Waals surface area contributed by atoms with Gasteiger partial charge in [-0.25, -0.2) is 9.98 Å². The minimum absolute atomic E-state index is 0.0375. The molecule has 1 amide bonds. The second kappa shape index (κ2) is 18.9. The summed E-state index contributed by atoms with van der Waals surface area (Å²) in [4.78, 5) is 40.6. The number of unbranched alkanes of at least 4 members (excludes halogenated alkanes) is 7. The molecule has 0 radical (unpaired) electrons. The van der Waals surface area contributed by atoms with Crippen molar-refractivity contribution in [3.05, 3.63) is 92.5 Å². The molecule has 9 heteroatoms. The Balaban J connectivity index is 1.79. The first-order valence-electron chi connectivity index (χ1n) is 17.8. The Morgan fingerprint density at radius 2 is 1.65 bits per heavy atom. The summed E-state index contributed by atoms with van der Waals surface area (Å²) in [7, 11) is 2.03. The largest absolute Gasteiger partial charge is 0.375 e. The first-order chi connectivity index (χ1) is 23.7. The molecule has 0 aliphatic rings. The number of benzene rings is 3. The Morgan fingerprint density at radius 1 is 0.939 bits per heavy atom. The number of aliphatic imine (C=N–C) groups is 1. The first kappa shape index (κ1) is 38.1. The highest BCUT2D eigenvalue weighted by molar-refractivity contribution is 6.49. The number of halogens is 2. The molecule has 1 heterocycles. The smallest absolute Gasteiger partial charge is 0.278 e. The number of hydrogen-bond acceptors (Lipinski definition) is 5. The van der Waals surface area contributed by atoms with Gasteiger partial charge in [0.1, 0.15) is 0 Å². The van der Waals surface area contributed by atoms with E-state index in [0.29, 0.717) is 38.9 Å². The average Bonchev–Trinajstić information content (AvgIpc) is 3.10. The third-order valence-electron chi connectivity index (χ3n) is 9.28. The van der Waals surface area contributed by atoms with E-state index in [1.54, 1.807) is 47.0 Å². The molecule has 49 heavy (non-hydrogen) atoms. The molecule has 0 fully saturated rings. The standard InChI is InChI=1S/C40H51Cl2N5O2/c1-6-9-10-11-12-13-14-15-18-29(7-2)27-47-38(44-35-23-21-30(41)26-32(35)40(47)49)37(39(48)45-36-20-17-16-19-33(36)42)43-34-24-22-31(25-28(34)4)46(5)8-3/h16-17,19-26,29H,6-15,18,27H2,1-5H3,(H,45,48). The van der Waals surface area contributed by atoms with Gasteiger partial charge in [0.2, 0.25) is 0 Å². The molecule has 7 nitrogen and oxygen atoms in total. The van der Waals surface area contributed by atoms with Crippen molar-refractivity contribution in [1.29, 1.82) is 0 Å². The number of hydrogen-bond donors (Lipinski definition) is 1. The Morgan fingerprint density at radius 3 is 2.33 bits per heavy atom. The lowest BCUT2D eigenvalue weighted by Crippen LogP contribution is -2.35. The van der Waals surface area contributed by atoms with Gasteiger partial charge in [-0.3, -0.25) is 14.2 Å². The van der Waals surface area contributed by atoms with Crippen LogP contribution in [-0.2, 0) is 11.3 Å². The van der Waals surface area contributed by atoms with Crippen LogP contribution in [-0.4, -0.2) is 34.8 Å². The third-order valence-corrected chi connectivity index (χ3v) is 9.84. The van der Waals surface area contributed by atoms with Crippen molar-refractivity contribution in [3.8, 4) is 0 Å². The van der Waals surface area contributed by atoms with Gasteiger partial charge < -0.3 is 10.2 Å². The molecule has 262 valence electrons. The number of para-hydroxylation sites is 1. The number of anilines is 2. The highest BCUT2D eigenvalue weighted by atomic mass is 35.5. The number of nitrogens with one attached hydrogen (secondary N) is 1. The lowest BCUT2D eigenvalue weighted by Gasteiger charge is -2.21. The number of aromatic nitrogens is 2. The maximum atomic E-state index is 14.3. The molecule has 1 unspecified atom stereocenters. The second-order valence-corrected chi connectivity index (χ2v) is 13.8. The number of carbonyl (C=O) groups is 1. The summed E-state index contributed by atoms with van der Waals surface area (Å²) in [6.07, 6.45) is 11.8. The maximum Gasteiger partial charge on any atom is 0.278 e. The zero-order chi connectivity index (χ0) is 35.3. The van der Waals surface area contributed by atoms with E-state index in [0.717, 1.165) is 37.1 Å². The van der Waals surface area contributed by atoms with Crippen LogP contribution in [0.4, 0.5) is 17.1 Å². The predicted molar refractivity (Wildman–Crippen MR) is 208 cm³/mol. The summed E-state index contributed by atoms with van der Waals surface area (Å²) in [5.41, 5.74) is 3.24. The van der Waals surface area contributed by atoms with Gasteiger partial charge in [-0.15, -0.1) is 0 Å². The number of fused-ring (bicyclic) bond motifs is 1. The Bertz CT molecular complexity index is 1800. The van der Waals surface area contributed by atoms with Crippen molar-refractivity contribution < 1.29 is 4.79 Å². The quantitative estimate of drug-likeness (QED) is 0.0826. The molecule has 4 rings (SSSR count). The highest BCUT2D eigenvalue weighted by Gasteiger charge is 2.25. The van der Waals surface area contributed by atoms with Gasteiger partial charge in [0.25, 0.3) is 11.5 Å². The summed E-state index contributed by atoms with van der Waals surface area (Å²) < 4.78 is 1.64. The fourth-order valence-corrected chi connectivity index (χ4v) is 6.40. The van der Waals surface area contributed by atoms with E-state index in [1.165, 1.54) is 44.9 Å². The van der Waals surface area contributed by atoms with Crippen LogP contribution < -0.4 is 15.8 Å². The van der Waals surface area contributed by atoms with E-state index in [-0.39, 0.29) is 23.0 Å². The summed E-state index contributed by atoms with van der Waals surface area (Å²) in [5.74, 6) is -0.0753. The van der Waals surface area contributed by atoms with Gasteiger partial charge in [0, 0.05) is 30.8 Å². The van der Waals surface area contributed by atoms with Crippen LogP contribution in [0, 0.1) is 12.8 Å². The molecule has 4 aromatic rings. The molecule has 1 N–H and O–H groups in total. The summed E-state index contributed by atoms with van der Waals surface area (Å²) in [6, 6.07) is 18.1. The van der Waals surface area contributed by atoms with Crippen LogP contribution in [0.1, 0.15) is 96.4 Å². The Kier molecular flexibility index (Phi) is 14.7. The molecule has 0 spiro atoms. The van der Waals surface area contributed by atoms with Crippen molar-refractivity contribution in [2.24, 2.45) is 10.9 Å². The van der Waals surface area contributed by atoms with Crippen molar-refractivity contribution in [2.45, 2.75) is 98.4 Å². The van der Waals surface area contributed by atoms with Gasteiger partial charge in [0.05, 0.1) is 27.3 Å². The van der Waals surface area contributed by atoms with Crippen molar-refractivity contribution in [2.75, 3.05) is 23.8 Å². The van der Waals surface area contributed by atoms with Gasteiger partial charge in [-0.1, -0.05) is 107 Å². The fraction of sp³-hybridized carbons (Fsp3) is 0.450. The summed E-state index contributed by atoms with van der Waals surface area (Å²) >= 11 is 12.8. The van der Waals surface area contributed by atoms with E-state index >= 15 is 0 Å². The van der Waals surface area contributed by atoms with Crippen LogP contribution in [0.3, 0.4) is 0 Å². The molecule has 0 saturated heterocycles. The molecule has 0 bridgehead atoms. The van der Waals surface area contributed by atoms with Crippen LogP contribution >= 0.6 is 23.2 Å². The van der Waals surface area contributed by atoms with Crippen LogP contribution in [0.25, 0.3) is 10.9 Å². The van der Waals surface area contributed by atoms with E-state index in [9.17, 15) is 9.59 Å². The lowest BCUT2D eigenvalue weighted by molar-refractivity contribution is -0.110. The van der Waals surface area contributed by atoms with Crippen molar-refractivity contribution in [3.63, 3.8) is 0 Å². The van der Waals surface area contributed by atoms with Gasteiger partial charge in [-0.2, -0.15) is 0 Å². The molecule has 0 aliphatic heterocycles. The second-order valence-electron chi connectivity index (χ2n) is 12.9. The van der Waals surface area contributed by atoms with E-state index in [4.69, 9.17) is 33.2 Å². The van der Waals surface area contributed by atoms with Crippen molar-refractivity contribution in [1.82, 2.24) is 9.55 Å². The van der Waals surface area contributed by atoms with Crippen LogP contribution in [0.5, 0.6) is 0 Å². The molecule has 3 aromatic carbocycles. The number of nitrogens with zero attached hydrogens (tertiary/aromatic N) is 4. The lowest BCUT2D eigenvalue weighted by atomic mass is 9.97. The number of amides is 1. The van der Waals surface area contributed by atoms with Crippen LogP contribution in [0.2, 0.25) is 10.0 Å². The molecular formula is C40H51Cl2N5O2. The predicted octanol–water partition coefficient (Wildman–Crippen LogP) is 10.8. The van der Waals surface area contributed by atoms with E-state index in [2.05, 4.69) is 31.0 Å². The normalized spacial score (nSPS) is 12.3. The maximum absolute atomic E-state index is 14.3. The Labute approximate surface area is 301 Å². The first-order valence-corrected chi connectivity index (χ1v) is 18.6. The number of aryl methyl sites for hydroxylation is 1. The molecule has 1 atom stereocenters. The number of carbonyl (C=O) groups excluding carboxylic acids is 1. The minimum atomic E-state index is -0.507. The topological polar surface area (TPSA) is 79.6 Å². The van der Waals surface area contributed by atoms with E-state index < -0.39 is 5.91 Å². The van der Waals surface area contributed by atoms with Crippen molar-refractivity contribution >= 4 is 62.8 Å². The fourth-order valence-electron chi connectivity index (χ4n) is 6.04. The molecule has 0 saturated carbocycles. The van der Waals surface area contributed by atoms with E-state index in [1.807, 2.05) is 32.2 Å². The van der Waals surface area contributed by atoms with Gasteiger partial charge >= 0.3 is 0 Å². The zero-order valence-corrected chi connectivity index (χ0v) is 31.2. The minimum Gasteiger partial charge on any atom is -0.375 e. The highest BCUT2D eigenvalue weighted by Crippen LogP contribution is 2.27.